The molecule has 0 amide bonds. The van der Waals surface area contributed by atoms with E-state index in [-0.39, 0.29) is 6.04 Å². The van der Waals surface area contributed by atoms with Gasteiger partial charge >= 0.3 is 0 Å². The van der Waals surface area contributed by atoms with Crippen LogP contribution in [0.15, 0.2) is 42.6 Å². The number of nitrogens with one attached hydrogen (secondary N) is 2. The zero-order chi connectivity index (χ0) is 15.4. The van der Waals surface area contributed by atoms with Crippen LogP contribution in [0.1, 0.15) is 30.0 Å². The lowest BCUT2D eigenvalue weighted by molar-refractivity contribution is 0.398. The van der Waals surface area contributed by atoms with E-state index in [1.54, 1.807) is 19.4 Å². The number of fused-ring (bicyclic) bond motifs is 1. The fourth-order valence-corrected chi connectivity index (χ4v) is 3.06. The molecule has 0 radical (unpaired) electrons. The standard InChI is InChI=1S/C17H19N3OS/c1-21-16-10-9-13(11-18-16)19-17(22)20-15-8-4-6-12-5-2-3-7-14(12)15/h2-3,5,7,9-11,15H,4,6,8H2,1H3,(H2,19,20,22)/t15-/m1/s1. The highest BCUT2D eigenvalue weighted by Crippen LogP contribution is 2.29. The average Bonchev–Trinajstić information content (AvgIpc) is 2.56. The van der Waals surface area contributed by atoms with Crippen molar-refractivity contribution in [3.63, 3.8) is 0 Å². The van der Waals surface area contributed by atoms with Gasteiger partial charge in [-0.3, -0.25) is 0 Å². The van der Waals surface area contributed by atoms with E-state index in [0.717, 1.165) is 18.5 Å². The minimum absolute atomic E-state index is 0.274. The number of hydrogen-bond acceptors (Lipinski definition) is 3. The second-order valence-corrected chi connectivity index (χ2v) is 5.74. The Morgan fingerprint density at radius 2 is 2.14 bits per heavy atom. The third kappa shape index (κ3) is 3.36. The lowest BCUT2D eigenvalue weighted by atomic mass is 9.88. The molecular weight excluding hydrogens is 294 g/mol. The maximum absolute atomic E-state index is 5.43. The molecule has 2 aromatic rings. The summed E-state index contributed by atoms with van der Waals surface area (Å²) in [5, 5.41) is 7.21. The summed E-state index contributed by atoms with van der Waals surface area (Å²) in [4.78, 5) is 4.16. The highest BCUT2D eigenvalue weighted by Gasteiger charge is 2.20. The molecule has 1 aromatic carbocycles. The molecule has 114 valence electrons. The average molecular weight is 313 g/mol. The molecule has 1 atom stereocenters. The lowest BCUT2D eigenvalue weighted by Gasteiger charge is -2.27. The van der Waals surface area contributed by atoms with Crippen LogP contribution in [0.2, 0.25) is 0 Å². The summed E-state index contributed by atoms with van der Waals surface area (Å²) in [5.41, 5.74) is 3.62. The van der Waals surface area contributed by atoms with Crippen molar-refractivity contribution >= 4 is 23.0 Å². The number of hydrogen-bond donors (Lipinski definition) is 2. The molecule has 4 nitrogen and oxygen atoms in total. The number of aromatic nitrogens is 1. The molecule has 0 saturated carbocycles. The summed E-state index contributed by atoms with van der Waals surface area (Å²) in [7, 11) is 1.60. The summed E-state index contributed by atoms with van der Waals surface area (Å²) < 4.78 is 5.05. The van der Waals surface area contributed by atoms with Gasteiger partial charge in [-0.05, 0) is 48.7 Å². The fraction of sp³-hybridized carbons (Fsp3) is 0.294. The van der Waals surface area contributed by atoms with Crippen LogP contribution in [0.5, 0.6) is 5.88 Å². The van der Waals surface area contributed by atoms with Crippen LogP contribution in [-0.2, 0) is 6.42 Å². The van der Waals surface area contributed by atoms with Gasteiger partial charge in [0, 0.05) is 6.07 Å². The minimum atomic E-state index is 0.274. The van der Waals surface area contributed by atoms with Crippen molar-refractivity contribution in [2.75, 3.05) is 12.4 Å². The van der Waals surface area contributed by atoms with Crippen molar-refractivity contribution in [1.82, 2.24) is 10.3 Å². The van der Waals surface area contributed by atoms with Gasteiger partial charge in [0.15, 0.2) is 5.11 Å². The number of methoxy groups -OCH3 is 1. The van der Waals surface area contributed by atoms with E-state index in [2.05, 4.69) is 39.9 Å². The predicted octanol–water partition coefficient (Wildman–Crippen LogP) is 3.45. The van der Waals surface area contributed by atoms with E-state index in [1.807, 2.05) is 6.07 Å². The Labute approximate surface area is 135 Å². The number of anilines is 1. The topological polar surface area (TPSA) is 46.2 Å². The van der Waals surface area contributed by atoms with Crippen LogP contribution in [0.3, 0.4) is 0 Å². The SMILES string of the molecule is COc1ccc(NC(=S)N[C@@H]2CCCc3ccccc32)cn1. The molecule has 0 unspecified atom stereocenters. The van der Waals surface area contributed by atoms with E-state index >= 15 is 0 Å². The molecule has 1 aliphatic rings. The van der Waals surface area contributed by atoms with Crippen LogP contribution in [0.4, 0.5) is 5.69 Å². The first-order chi connectivity index (χ1) is 10.8. The molecule has 1 aromatic heterocycles. The number of aryl methyl sites for hydroxylation is 1. The van der Waals surface area contributed by atoms with Crippen molar-refractivity contribution in [2.45, 2.75) is 25.3 Å². The third-order valence-electron chi connectivity index (χ3n) is 3.88. The second-order valence-electron chi connectivity index (χ2n) is 5.33. The fourth-order valence-electron chi connectivity index (χ4n) is 2.80. The Kier molecular flexibility index (Phi) is 4.53. The zero-order valence-corrected chi connectivity index (χ0v) is 13.3. The monoisotopic (exact) mass is 313 g/mol. The first-order valence-corrected chi connectivity index (χ1v) is 7.82. The number of benzene rings is 1. The van der Waals surface area contributed by atoms with E-state index < -0.39 is 0 Å². The highest BCUT2D eigenvalue weighted by atomic mass is 32.1. The van der Waals surface area contributed by atoms with E-state index in [0.29, 0.717) is 11.0 Å². The largest absolute Gasteiger partial charge is 0.481 e. The number of thiocarbonyl (C=S) groups is 1. The second kappa shape index (κ2) is 6.75. The van der Waals surface area contributed by atoms with Crippen molar-refractivity contribution < 1.29 is 4.74 Å². The summed E-state index contributed by atoms with van der Waals surface area (Å²) in [6.45, 7) is 0. The first kappa shape index (κ1) is 14.8. The van der Waals surface area contributed by atoms with E-state index in [4.69, 9.17) is 17.0 Å². The van der Waals surface area contributed by atoms with Crippen molar-refractivity contribution in [1.29, 1.82) is 0 Å². The summed E-state index contributed by atoms with van der Waals surface area (Å²) in [5.74, 6) is 0.589. The third-order valence-corrected chi connectivity index (χ3v) is 4.10. The molecule has 0 bridgehead atoms. The van der Waals surface area contributed by atoms with Gasteiger partial charge in [0.25, 0.3) is 0 Å². The van der Waals surface area contributed by atoms with Crippen molar-refractivity contribution in [2.24, 2.45) is 0 Å². The minimum Gasteiger partial charge on any atom is -0.481 e. The molecule has 0 aliphatic heterocycles. The van der Waals surface area contributed by atoms with Crippen LogP contribution in [0, 0.1) is 0 Å². The molecule has 22 heavy (non-hydrogen) atoms. The van der Waals surface area contributed by atoms with Crippen LogP contribution < -0.4 is 15.4 Å². The zero-order valence-electron chi connectivity index (χ0n) is 12.5. The van der Waals surface area contributed by atoms with Crippen LogP contribution >= 0.6 is 12.2 Å². The van der Waals surface area contributed by atoms with E-state index in [1.165, 1.54) is 17.5 Å². The molecule has 0 saturated heterocycles. The smallest absolute Gasteiger partial charge is 0.213 e. The molecule has 0 fully saturated rings. The predicted molar refractivity (Wildman–Crippen MR) is 92.3 cm³/mol. The Morgan fingerprint density at radius 1 is 1.27 bits per heavy atom. The van der Waals surface area contributed by atoms with Gasteiger partial charge < -0.3 is 15.4 Å². The lowest BCUT2D eigenvalue weighted by Crippen LogP contribution is -2.34. The Balaban J connectivity index is 1.65. The normalized spacial score (nSPS) is 16.5. The van der Waals surface area contributed by atoms with Crippen LogP contribution in [0.25, 0.3) is 0 Å². The van der Waals surface area contributed by atoms with Gasteiger partial charge in [-0.1, -0.05) is 24.3 Å². The molecular formula is C17H19N3OS. The van der Waals surface area contributed by atoms with Crippen molar-refractivity contribution in [3.8, 4) is 5.88 Å². The quantitative estimate of drug-likeness (QED) is 0.850. The number of nitrogens with zero attached hydrogens (tertiary/aromatic N) is 1. The molecule has 2 N–H and O–H groups in total. The molecule has 3 rings (SSSR count). The molecule has 5 heteroatoms. The van der Waals surface area contributed by atoms with Gasteiger partial charge in [0.2, 0.25) is 5.88 Å². The summed E-state index contributed by atoms with van der Waals surface area (Å²) in [6.07, 6.45) is 5.14. The number of pyridine rings is 1. The molecule has 1 heterocycles. The Morgan fingerprint density at radius 3 is 2.91 bits per heavy atom. The van der Waals surface area contributed by atoms with Gasteiger partial charge in [-0.15, -0.1) is 0 Å². The first-order valence-electron chi connectivity index (χ1n) is 7.41. The maximum Gasteiger partial charge on any atom is 0.213 e. The number of rotatable bonds is 3. The maximum atomic E-state index is 5.43. The number of ether oxygens (including phenoxy) is 1. The van der Waals surface area contributed by atoms with Gasteiger partial charge in [0.1, 0.15) is 0 Å². The Hall–Kier alpha value is -2.14. The summed E-state index contributed by atoms with van der Waals surface area (Å²) in [6, 6.07) is 12.5. The Bertz CT molecular complexity index is 657. The van der Waals surface area contributed by atoms with Crippen molar-refractivity contribution in [3.05, 3.63) is 53.7 Å². The van der Waals surface area contributed by atoms with Gasteiger partial charge in [-0.2, -0.15) is 0 Å². The summed E-state index contributed by atoms with van der Waals surface area (Å²) >= 11 is 5.43. The van der Waals surface area contributed by atoms with Crippen LogP contribution in [-0.4, -0.2) is 17.2 Å². The highest BCUT2D eigenvalue weighted by molar-refractivity contribution is 7.80. The molecule has 1 aliphatic carbocycles. The van der Waals surface area contributed by atoms with E-state index in [9.17, 15) is 0 Å². The van der Waals surface area contributed by atoms with Gasteiger partial charge in [0.05, 0.1) is 25.0 Å². The van der Waals surface area contributed by atoms with Gasteiger partial charge in [-0.25, -0.2) is 4.98 Å². The molecule has 0 spiro atoms.